The number of carbonyl (C=O) groups excluding carboxylic acids is 1. The van der Waals surface area contributed by atoms with Crippen LogP contribution in [0.25, 0.3) is 6.08 Å². The summed E-state index contributed by atoms with van der Waals surface area (Å²) >= 11 is 6.10. The molecule has 3 aromatic rings. The van der Waals surface area contributed by atoms with Gasteiger partial charge >= 0.3 is 5.97 Å². The zero-order chi connectivity index (χ0) is 22.7. The number of hydrogen-bond donors (Lipinski definition) is 0. The molecule has 1 aliphatic heterocycles. The number of nitro benzene ring substituents is 1. The Hall–Kier alpha value is -4.04. The maximum atomic E-state index is 13.3. The van der Waals surface area contributed by atoms with E-state index in [9.17, 15) is 19.3 Å². The molecule has 3 aromatic carbocycles. The van der Waals surface area contributed by atoms with E-state index in [1.807, 2.05) is 0 Å². The zero-order valence-corrected chi connectivity index (χ0v) is 17.1. The summed E-state index contributed by atoms with van der Waals surface area (Å²) in [7, 11) is 0. The number of non-ortho nitro benzene ring substituents is 1. The Labute approximate surface area is 186 Å². The quantitative estimate of drug-likeness (QED) is 0.219. The van der Waals surface area contributed by atoms with Crippen molar-refractivity contribution in [3.8, 4) is 5.75 Å². The van der Waals surface area contributed by atoms with E-state index in [2.05, 4.69) is 4.99 Å². The second-order valence-corrected chi connectivity index (χ2v) is 7.16. The fourth-order valence-corrected chi connectivity index (χ4v) is 3.16. The van der Waals surface area contributed by atoms with E-state index in [4.69, 9.17) is 21.1 Å². The number of cyclic esters (lactones) is 1. The minimum absolute atomic E-state index is 0.00449. The minimum Gasteiger partial charge on any atom is -0.489 e. The molecule has 0 aromatic heterocycles. The lowest BCUT2D eigenvalue weighted by atomic mass is 10.2. The zero-order valence-electron chi connectivity index (χ0n) is 16.3. The van der Waals surface area contributed by atoms with Gasteiger partial charge in [-0.05, 0) is 47.5 Å². The number of aliphatic imine (C=N–C) groups is 1. The molecule has 7 nitrogen and oxygen atoms in total. The van der Waals surface area contributed by atoms with Crippen LogP contribution in [-0.2, 0) is 16.1 Å². The van der Waals surface area contributed by atoms with E-state index >= 15 is 0 Å². The second-order valence-electron chi connectivity index (χ2n) is 6.75. The third-order valence-electron chi connectivity index (χ3n) is 4.47. The van der Waals surface area contributed by atoms with Gasteiger partial charge in [0.05, 0.1) is 15.5 Å². The lowest BCUT2D eigenvalue weighted by Gasteiger charge is -2.07. The van der Waals surface area contributed by atoms with Crippen LogP contribution in [-0.4, -0.2) is 16.8 Å². The van der Waals surface area contributed by atoms with Crippen molar-refractivity contribution < 1.29 is 23.6 Å². The van der Waals surface area contributed by atoms with Gasteiger partial charge in [0.25, 0.3) is 5.69 Å². The number of ether oxygens (including phenoxy) is 2. The van der Waals surface area contributed by atoms with Gasteiger partial charge in [-0.2, -0.15) is 0 Å². The Bertz CT molecular complexity index is 1290. The van der Waals surface area contributed by atoms with E-state index in [1.54, 1.807) is 36.4 Å². The predicted molar refractivity (Wildman–Crippen MR) is 116 cm³/mol. The van der Waals surface area contributed by atoms with Crippen LogP contribution >= 0.6 is 11.6 Å². The third-order valence-corrected chi connectivity index (χ3v) is 4.80. The lowest BCUT2D eigenvalue weighted by Crippen LogP contribution is -2.06. The fraction of sp³-hybridized carbons (Fsp3) is 0.0435. The molecular weight excluding hydrogens is 439 g/mol. The molecule has 0 aliphatic carbocycles. The van der Waals surface area contributed by atoms with Crippen LogP contribution in [0.4, 0.5) is 10.1 Å². The van der Waals surface area contributed by atoms with Crippen LogP contribution in [0.5, 0.6) is 5.75 Å². The molecule has 4 rings (SSSR count). The molecule has 1 aliphatic rings. The maximum absolute atomic E-state index is 13.3. The average molecular weight is 453 g/mol. The monoisotopic (exact) mass is 452 g/mol. The van der Waals surface area contributed by atoms with E-state index in [0.717, 1.165) is 0 Å². The molecule has 160 valence electrons. The van der Waals surface area contributed by atoms with Crippen molar-refractivity contribution in [1.29, 1.82) is 0 Å². The van der Waals surface area contributed by atoms with Gasteiger partial charge in [0.2, 0.25) is 5.90 Å². The van der Waals surface area contributed by atoms with Crippen molar-refractivity contribution in [1.82, 2.24) is 0 Å². The molecule has 0 saturated heterocycles. The molecule has 0 N–H and O–H groups in total. The summed E-state index contributed by atoms with van der Waals surface area (Å²) in [5.74, 6) is -0.662. The number of hydrogen-bond acceptors (Lipinski definition) is 6. The first-order valence-electron chi connectivity index (χ1n) is 9.33. The van der Waals surface area contributed by atoms with E-state index in [-0.39, 0.29) is 40.3 Å². The van der Waals surface area contributed by atoms with Crippen molar-refractivity contribution in [2.75, 3.05) is 0 Å². The highest BCUT2D eigenvalue weighted by Crippen LogP contribution is 2.27. The van der Waals surface area contributed by atoms with Crippen molar-refractivity contribution in [3.63, 3.8) is 0 Å². The molecule has 0 amide bonds. The summed E-state index contributed by atoms with van der Waals surface area (Å²) in [5, 5.41) is 11.2. The van der Waals surface area contributed by atoms with Gasteiger partial charge in [-0.25, -0.2) is 14.2 Å². The first-order valence-corrected chi connectivity index (χ1v) is 9.71. The molecule has 0 radical (unpaired) electrons. The largest absolute Gasteiger partial charge is 0.489 e. The van der Waals surface area contributed by atoms with Crippen LogP contribution in [0.1, 0.15) is 16.7 Å². The third kappa shape index (κ3) is 4.81. The van der Waals surface area contributed by atoms with Gasteiger partial charge in [-0.15, -0.1) is 0 Å². The number of esters is 1. The Morgan fingerprint density at radius 2 is 1.94 bits per heavy atom. The van der Waals surface area contributed by atoms with E-state index in [0.29, 0.717) is 16.9 Å². The van der Waals surface area contributed by atoms with E-state index in [1.165, 1.54) is 36.4 Å². The van der Waals surface area contributed by atoms with Crippen molar-refractivity contribution in [3.05, 3.63) is 110 Å². The lowest BCUT2D eigenvalue weighted by molar-refractivity contribution is -0.384. The molecule has 0 bridgehead atoms. The van der Waals surface area contributed by atoms with Gasteiger partial charge in [-0.1, -0.05) is 35.9 Å². The highest BCUT2D eigenvalue weighted by molar-refractivity contribution is 6.34. The van der Waals surface area contributed by atoms with Crippen LogP contribution in [0.2, 0.25) is 5.02 Å². The Morgan fingerprint density at radius 1 is 1.12 bits per heavy atom. The van der Waals surface area contributed by atoms with Crippen LogP contribution < -0.4 is 4.74 Å². The normalized spacial score (nSPS) is 14.2. The molecule has 1 heterocycles. The van der Waals surface area contributed by atoms with Crippen LogP contribution in [0.15, 0.2) is 77.4 Å². The summed E-state index contributed by atoms with van der Waals surface area (Å²) in [5.41, 5.74) is 1.23. The predicted octanol–water partition coefficient (Wildman–Crippen LogP) is 5.31. The highest BCUT2D eigenvalue weighted by Gasteiger charge is 2.27. The number of rotatable bonds is 6. The van der Waals surface area contributed by atoms with Gasteiger partial charge in [0.1, 0.15) is 18.2 Å². The molecule has 0 unspecified atom stereocenters. The van der Waals surface area contributed by atoms with Gasteiger partial charge in [0.15, 0.2) is 5.70 Å². The Morgan fingerprint density at radius 3 is 2.72 bits per heavy atom. The van der Waals surface area contributed by atoms with Crippen molar-refractivity contribution in [2.24, 2.45) is 4.99 Å². The summed E-state index contributed by atoms with van der Waals surface area (Å²) in [4.78, 5) is 26.9. The standard InChI is InChI=1S/C23H14ClFN2O5/c24-20-8-7-17(27(29)30)12-19(20)22-26-21(23(28)32-22)11-14-3-2-6-18(10-14)31-13-15-4-1-5-16(25)9-15/h1-12H,13H2/b21-11-. The van der Waals surface area contributed by atoms with E-state index < -0.39 is 10.9 Å². The fourth-order valence-electron chi connectivity index (χ4n) is 2.96. The van der Waals surface area contributed by atoms with Gasteiger partial charge < -0.3 is 9.47 Å². The minimum atomic E-state index is -0.714. The summed E-state index contributed by atoms with van der Waals surface area (Å²) in [6, 6.07) is 16.8. The number of carbonyl (C=O) groups is 1. The second kappa shape index (κ2) is 8.99. The Balaban J connectivity index is 1.55. The molecule has 0 spiro atoms. The maximum Gasteiger partial charge on any atom is 0.363 e. The average Bonchev–Trinajstić information content (AvgIpc) is 3.12. The number of halogens is 2. The molecular formula is C23H14ClFN2O5. The van der Waals surface area contributed by atoms with Crippen molar-refractivity contribution >= 4 is 35.2 Å². The number of nitrogens with zero attached hydrogens (tertiary/aromatic N) is 2. The van der Waals surface area contributed by atoms with Gasteiger partial charge in [0, 0.05) is 12.1 Å². The molecule has 0 fully saturated rings. The first-order chi connectivity index (χ1) is 15.4. The number of benzene rings is 3. The molecule has 0 atom stereocenters. The molecule has 9 heteroatoms. The number of nitro groups is 1. The highest BCUT2D eigenvalue weighted by atomic mass is 35.5. The smallest absolute Gasteiger partial charge is 0.363 e. The first kappa shape index (κ1) is 21.2. The topological polar surface area (TPSA) is 91.0 Å². The molecule has 0 saturated carbocycles. The van der Waals surface area contributed by atoms with Crippen LogP contribution in [0, 0.1) is 15.9 Å². The SMILES string of the molecule is O=C1OC(c2cc([N+](=O)[O-])ccc2Cl)=N/C1=C\c1cccc(OCc2cccc(F)c2)c1. The summed E-state index contributed by atoms with van der Waals surface area (Å²) < 4.78 is 24.2. The van der Waals surface area contributed by atoms with Crippen molar-refractivity contribution in [2.45, 2.75) is 6.61 Å². The van der Waals surface area contributed by atoms with Gasteiger partial charge in [-0.3, -0.25) is 10.1 Å². The van der Waals surface area contributed by atoms with Crippen LogP contribution in [0.3, 0.4) is 0 Å². The summed E-state index contributed by atoms with van der Waals surface area (Å²) in [6.45, 7) is 0.174. The molecule has 32 heavy (non-hydrogen) atoms. The Kier molecular flexibility index (Phi) is 5.96. The summed E-state index contributed by atoms with van der Waals surface area (Å²) in [6.07, 6.45) is 1.50.